The lowest BCUT2D eigenvalue weighted by molar-refractivity contribution is -0.153. The summed E-state index contributed by atoms with van der Waals surface area (Å²) in [7, 11) is -1.51. The molecule has 0 aliphatic rings. The number of rotatable bonds is 15. The van der Waals surface area contributed by atoms with Crippen LogP contribution in [0.15, 0.2) is 60.8 Å². The highest BCUT2D eigenvalue weighted by atomic mass is 28.3. The van der Waals surface area contributed by atoms with Crippen LogP contribution in [-0.4, -0.2) is 72.4 Å². The van der Waals surface area contributed by atoms with Gasteiger partial charge in [0.2, 0.25) is 0 Å². The molecule has 2 atom stereocenters. The van der Waals surface area contributed by atoms with E-state index in [0.717, 1.165) is 23.8 Å². The van der Waals surface area contributed by atoms with E-state index in [-0.39, 0.29) is 25.1 Å². The first-order valence-corrected chi connectivity index (χ1v) is 19.8. The number of carbonyl (C=O) groups is 4. The predicted molar refractivity (Wildman–Crippen MR) is 185 cm³/mol. The zero-order valence-electron chi connectivity index (χ0n) is 29.2. The topological polar surface area (TPSA) is 127 Å². The van der Waals surface area contributed by atoms with Crippen molar-refractivity contribution in [3.05, 3.63) is 83.7 Å². The van der Waals surface area contributed by atoms with Crippen molar-refractivity contribution >= 4 is 32.0 Å². The molecule has 2 aromatic carbocycles. The van der Waals surface area contributed by atoms with E-state index >= 15 is 4.39 Å². The fourth-order valence-corrected chi connectivity index (χ4v) is 6.13. The number of carboxylic acid groups (broad SMARTS) is 1. The number of amides is 2. The Morgan fingerprint density at radius 2 is 1.67 bits per heavy atom. The van der Waals surface area contributed by atoms with Gasteiger partial charge in [-0.3, -0.25) is 9.59 Å². The van der Waals surface area contributed by atoms with Crippen LogP contribution in [0.5, 0.6) is 0 Å². The maximum atomic E-state index is 15.1. The van der Waals surface area contributed by atoms with E-state index in [0.29, 0.717) is 23.8 Å². The van der Waals surface area contributed by atoms with Crippen molar-refractivity contribution in [3.63, 3.8) is 0 Å². The fraction of sp³-hybridized carbons (Fsp3) is 0.444. The van der Waals surface area contributed by atoms with Gasteiger partial charge < -0.3 is 29.4 Å². The molecule has 13 heteroatoms. The molecule has 0 unspecified atom stereocenters. The number of hydrogen-bond acceptors (Lipinski definition) is 6. The van der Waals surface area contributed by atoms with E-state index in [2.05, 4.69) is 25.0 Å². The van der Waals surface area contributed by atoms with Gasteiger partial charge >= 0.3 is 18.0 Å². The number of carboxylic acids is 1. The second-order valence-corrected chi connectivity index (χ2v) is 19.9. The van der Waals surface area contributed by atoms with Gasteiger partial charge in [0.1, 0.15) is 17.7 Å². The molecule has 2 amide bonds. The summed E-state index contributed by atoms with van der Waals surface area (Å²) in [5.41, 5.74) is 1.13. The third-order valence-corrected chi connectivity index (χ3v) is 9.53. The van der Waals surface area contributed by atoms with E-state index in [1.54, 1.807) is 12.3 Å². The minimum atomic E-state index is -1.51. The number of hydrogen-bond donors (Lipinski definition) is 2. The molecule has 0 aliphatic heterocycles. The van der Waals surface area contributed by atoms with Crippen LogP contribution in [0.2, 0.25) is 25.7 Å². The van der Waals surface area contributed by atoms with E-state index in [4.69, 9.17) is 9.47 Å². The molecule has 3 rings (SSSR count). The SMILES string of the molecule is CC(=O)OCC(=O)N(CC[C@H](NC(=O)OCC[Si](C)(C)C)C(=O)O)[C@@H](c1cc(-c2cc(F)ccc2F)cn1Cc1ccccc1)C(C)(C)C. The van der Waals surface area contributed by atoms with Gasteiger partial charge in [-0.05, 0) is 47.7 Å². The molecule has 3 aromatic rings. The largest absolute Gasteiger partial charge is 0.480 e. The molecule has 1 aromatic heterocycles. The molecule has 49 heavy (non-hydrogen) atoms. The number of nitrogens with one attached hydrogen (secondary N) is 1. The normalized spacial score (nSPS) is 12.9. The van der Waals surface area contributed by atoms with Gasteiger partial charge in [0, 0.05) is 51.1 Å². The maximum Gasteiger partial charge on any atom is 0.407 e. The molecular weight excluding hydrogens is 652 g/mol. The van der Waals surface area contributed by atoms with Crippen molar-refractivity contribution in [1.29, 1.82) is 0 Å². The lowest BCUT2D eigenvalue weighted by atomic mass is 9.82. The lowest BCUT2D eigenvalue weighted by Gasteiger charge is -2.41. The maximum absolute atomic E-state index is 15.1. The smallest absolute Gasteiger partial charge is 0.407 e. The van der Waals surface area contributed by atoms with Crippen LogP contribution in [0, 0.1) is 17.0 Å². The zero-order chi connectivity index (χ0) is 36.5. The summed E-state index contributed by atoms with van der Waals surface area (Å²) in [5.74, 6) is -3.86. The Bertz CT molecular complexity index is 1620. The highest BCUT2D eigenvalue weighted by molar-refractivity contribution is 6.76. The predicted octanol–water partition coefficient (Wildman–Crippen LogP) is 6.87. The van der Waals surface area contributed by atoms with Crippen molar-refractivity contribution < 1.29 is 42.5 Å². The van der Waals surface area contributed by atoms with E-state index in [9.17, 15) is 28.7 Å². The summed E-state index contributed by atoms with van der Waals surface area (Å²) in [5, 5.41) is 12.4. The van der Waals surface area contributed by atoms with Crippen LogP contribution in [0.4, 0.5) is 13.6 Å². The van der Waals surface area contributed by atoms with Crippen molar-refractivity contribution in [2.75, 3.05) is 19.8 Å². The van der Waals surface area contributed by atoms with Crippen molar-refractivity contribution in [2.24, 2.45) is 5.41 Å². The Kier molecular flexibility index (Phi) is 13.3. The highest BCUT2D eigenvalue weighted by Crippen LogP contribution is 2.41. The molecule has 266 valence electrons. The zero-order valence-corrected chi connectivity index (χ0v) is 30.2. The summed E-state index contributed by atoms with van der Waals surface area (Å²) in [4.78, 5) is 51.8. The number of aromatic nitrogens is 1. The first-order valence-electron chi connectivity index (χ1n) is 16.1. The summed E-state index contributed by atoms with van der Waals surface area (Å²) in [6, 6.07) is 12.8. The summed E-state index contributed by atoms with van der Waals surface area (Å²) < 4.78 is 41.5. The molecule has 0 spiro atoms. The summed E-state index contributed by atoms with van der Waals surface area (Å²) >= 11 is 0. The molecule has 10 nitrogen and oxygen atoms in total. The average Bonchev–Trinajstić information content (AvgIpc) is 3.39. The van der Waals surface area contributed by atoms with Crippen molar-refractivity contribution in [2.45, 2.75) is 78.4 Å². The number of benzene rings is 2. The second kappa shape index (κ2) is 16.7. The van der Waals surface area contributed by atoms with Gasteiger partial charge in [0.15, 0.2) is 6.61 Å². The van der Waals surface area contributed by atoms with Gasteiger partial charge in [-0.2, -0.15) is 0 Å². The second-order valence-electron chi connectivity index (χ2n) is 14.3. The number of ether oxygens (including phenoxy) is 2. The Balaban J connectivity index is 2.08. The van der Waals surface area contributed by atoms with Crippen LogP contribution < -0.4 is 5.32 Å². The van der Waals surface area contributed by atoms with E-state index in [1.165, 1.54) is 11.8 Å². The quantitative estimate of drug-likeness (QED) is 0.131. The van der Waals surface area contributed by atoms with Crippen molar-refractivity contribution in [3.8, 4) is 11.1 Å². The standard InChI is InChI=1S/C36H47F2N3O7Si/c1-24(42)48-23-32(43)41(16-15-30(34(44)45)39-35(46)47-17-18-49(5,6)7)33(36(2,3)4)31-19-26(28-20-27(37)13-14-29(28)38)22-40(31)21-25-11-9-8-10-12-25/h8-14,19-20,22,30,33H,15-18,21,23H2,1-7H3,(H,39,46)(H,44,45)/t30-,33-/m0/s1. The molecule has 0 fully saturated rings. The van der Waals surface area contributed by atoms with Crippen LogP contribution >= 0.6 is 0 Å². The molecule has 0 saturated carbocycles. The van der Waals surface area contributed by atoms with Gasteiger partial charge in [0.25, 0.3) is 5.91 Å². The Hall–Kier alpha value is -4.52. The van der Waals surface area contributed by atoms with E-state index < -0.39 is 67.8 Å². The number of carbonyl (C=O) groups excluding carboxylic acids is 3. The van der Waals surface area contributed by atoms with E-state index in [1.807, 2.05) is 55.7 Å². The summed E-state index contributed by atoms with van der Waals surface area (Å²) in [6.07, 6.45) is 0.599. The minimum Gasteiger partial charge on any atom is -0.480 e. The van der Waals surface area contributed by atoms with Crippen molar-refractivity contribution in [1.82, 2.24) is 14.8 Å². The third kappa shape index (κ3) is 11.8. The third-order valence-electron chi connectivity index (χ3n) is 7.83. The lowest BCUT2D eigenvalue weighted by Crippen LogP contribution is -2.48. The number of halogens is 2. The number of alkyl carbamates (subject to hydrolysis) is 1. The van der Waals surface area contributed by atoms with Crippen LogP contribution in [0.25, 0.3) is 11.1 Å². The summed E-state index contributed by atoms with van der Waals surface area (Å²) in [6.45, 7) is 12.9. The minimum absolute atomic E-state index is 0.0290. The van der Waals surface area contributed by atoms with Gasteiger partial charge in [-0.1, -0.05) is 70.7 Å². The molecule has 0 saturated heterocycles. The number of esters is 1. The average molecular weight is 700 g/mol. The molecule has 1 heterocycles. The Morgan fingerprint density at radius 3 is 2.27 bits per heavy atom. The van der Waals surface area contributed by atoms with Crippen LogP contribution in [0.3, 0.4) is 0 Å². The Morgan fingerprint density at radius 1 is 1.00 bits per heavy atom. The first kappa shape index (κ1) is 38.9. The van der Waals surface area contributed by atoms with Crippen LogP contribution in [-0.2, 0) is 30.4 Å². The van der Waals surface area contributed by atoms with Gasteiger partial charge in [0.05, 0.1) is 12.6 Å². The first-order chi connectivity index (χ1) is 22.9. The van der Waals surface area contributed by atoms with Gasteiger partial charge in [-0.15, -0.1) is 0 Å². The molecular formula is C36H47F2N3O7Si. The number of aliphatic carboxylic acids is 1. The molecule has 0 aliphatic carbocycles. The van der Waals surface area contributed by atoms with Crippen LogP contribution in [0.1, 0.15) is 51.4 Å². The molecule has 0 bridgehead atoms. The number of nitrogens with zero attached hydrogens (tertiary/aromatic N) is 2. The fourth-order valence-electron chi connectivity index (χ4n) is 5.42. The monoisotopic (exact) mass is 699 g/mol. The highest BCUT2D eigenvalue weighted by Gasteiger charge is 2.38. The molecule has 0 radical (unpaired) electrons. The Labute approximate surface area is 287 Å². The molecule has 2 N–H and O–H groups in total. The van der Waals surface area contributed by atoms with Gasteiger partial charge in [-0.25, -0.2) is 18.4 Å².